The number of anilines is 1. The Morgan fingerprint density at radius 2 is 1.48 bits per heavy atom. The van der Waals surface area contributed by atoms with Crippen LogP contribution in [0.25, 0.3) is 0 Å². The van der Waals surface area contributed by atoms with Gasteiger partial charge in [0.05, 0.1) is 0 Å². The van der Waals surface area contributed by atoms with Crippen molar-refractivity contribution in [3.05, 3.63) is 29.3 Å². The minimum Gasteiger partial charge on any atom is -0.385 e. The van der Waals surface area contributed by atoms with Gasteiger partial charge in [-0.25, -0.2) is 0 Å². The number of hydrogen-bond acceptors (Lipinski definition) is 1. The summed E-state index contributed by atoms with van der Waals surface area (Å²) in [4.78, 5) is 0. The predicted molar refractivity (Wildman–Crippen MR) is 122 cm³/mol. The fourth-order valence-electron chi connectivity index (χ4n) is 4.71. The quantitative estimate of drug-likeness (QED) is 0.342. The van der Waals surface area contributed by atoms with E-state index in [2.05, 4.69) is 44.3 Å². The zero-order valence-electron chi connectivity index (χ0n) is 18.5. The number of hydrogen-bond donors (Lipinski definition) is 1. The number of rotatable bonds is 13. The van der Waals surface area contributed by atoms with Gasteiger partial charge in [-0.15, -0.1) is 0 Å². The minimum absolute atomic E-state index is 0.804. The highest BCUT2D eigenvalue weighted by Gasteiger charge is 2.22. The van der Waals surface area contributed by atoms with Gasteiger partial charge in [0.2, 0.25) is 0 Å². The van der Waals surface area contributed by atoms with Gasteiger partial charge in [-0.3, -0.25) is 0 Å². The van der Waals surface area contributed by atoms with Crippen LogP contribution < -0.4 is 5.32 Å². The Balaban J connectivity index is 1.65. The van der Waals surface area contributed by atoms with Gasteiger partial charge in [0.25, 0.3) is 0 Å². The third-order valence-corrected chi connectivity index (χ3v) is 6.63. The lowest BCUT2D eigenvalue weighted by Gasteiger charge is -2.29. The molecular formula is C26H45N. The molecule has 0 heterocycles. The first-order chi connectivity index (χ1) is 13.2. The van der Waals surface area contributed by atoms with Gasteiger partial charge in [-0.1, -0.05) is 83.8 Å². The molecule has 0 radical (unpaired) electrons. The summed E-state index contributed by atoms with van der Waals surface area (Å²) in [6.07, 6.45) is 19.8. The molecule has 0 bridgehead atoms. The Morgan fingerprint density at radius 3 is 2.15 bits per heavy atom. The molecule has 0 aromatic heterocycles. The van der Waals surface area contributed by atoms with E-state index in [1.54, 1.807) is 5.56 Å². The predicted octanol–water partition coefficient (Wildman–Crippen LogP) is 8.62. The monoisotopic (exact) mass is 371 g/mol. The van der Waals surface area contributed by atoms with Gasteiger partial charge >= 0.3 is 0 Å². The lowest BCUT2D eigenvalue weighted by molar-refractivity contribution is 0.301. The van der Waals surface area contributed by atoms with E-state index in [1.165, 1.54) is 101 Å². The maximum Gasteiger partial charge on any atom is 0.0370 e. The summed E-state index contributed by atoms with van der Waals surface area (Å²) in [6.45, 7) is 7.92. The summed E-state index contributed by atoms with van der Waals surface area (Å²) in [6, 6.07) is 7.17. The average molecular weight is 372 g/mol. The zero-order valence-corrected chi connectivity index (χ0v) is 18.5. The Morgan fingerprint density at radius 1 is 0.815 bits per heavy atom. The normalized spacial score (nSPS) is 20.0. The summed E-state index contributed by atoms with van der Waals surface area (Å²) in [5.74, 6) is 1.81. The topological polar surface area (TPSA) is 12.0 Å². The Kier molecular flexibility index (Phi) is 10.9. The SMILES string of the molecule is CCCCCCCCC[C@H]1CC[C@H](c2ccc(NCCCC)c(C)c2)CC1. The van der Waals surface area contributed by atoms with Gasteiger partial charge in [0.15, 0.2) is 0 Å². The first kappa shape index (κ1) is 22.3. The van der Waals surface area contributed by atoms with E-state index in [4.69, 9.17) is 0 Å². The highest BCUT2D eigenvalue weighted by Crippen LogP contribution is 2.38. The van der Waals surface area contributed by atoms with Gasteiger partial charge in [-0.05, 0) is 68.1 Å². The van der Waals surface area contributed by atoms with Crippen molar-refractivity contribution in [1.29, 1.82) is 0 Å². The Labute approximate surface area is 169 Å². The van der Waals surface area contributed by atoms with Crippen molar-refractivity contribution in [2.45, 2.75) is 117 Å². The third kappa shape index (κ3) is 8.28. The summed E-state index contributed by atoms with van der Waals surface area (Å²) in [5.41, 5.74) is 4.34. The number of benzene rings is 1. The van der Waals surface area contributed by atoms with Gasteiger partial charge < -0.3 is 5.32 Å². The maximum atomic E-state index is 3.60. The first-order valence-corrected chi connectivity index (χ1v) is 12.1. The highest BCUT2D eigenvalue weighted by atomic mass is 14.9. The van der Waals surface area contributed by atoms with Crippen molar-refractivity contribution >= 4 is 5.69 Å². The molecule has 0 spiro atoms. The molecule has 27 heavy (non-hydrogen) atoms. The molecule has 0 unspecified atom stereocenters. The van der Waals surface area contributed by atoms with Crippen molar-refractivity contribution in [3.63, 3.8) is 0 Å². The van der Waals surface area contributed by atoms with E-state index in [9.17, 15) is 0 Å². The van der Waals surface area contributed by atoms with E-state index in [0.717, 1.165) is 18.4 Å². The average Bonchev–Trinajstić information content (AvgIpc) is 2.69. The smallest absolute Gasteiger partial charge is 0.0370 e. The Hall–Kier alpha value is -0.980. The summed E-state index contributed by atoms with van der Waals surface area (Å²) in [7, 11) is 0. The number of unbranched alkanes of at least 4 members (excludes halogenated alkanes) is 7. The van der Waals surface area contributed by atoms with Crippen LogP contribution in [0.5, 0.6) is 0 Å². The second kappa shape index (κ2) is 13.2. The fraction of sp³-hybridized carbons (Fsp3) is 0.769. The first-order valence-electron chi connectivity index (χ1n) is 12.1. The lowest BCUT2D eigenvalue weighted by Crippen LogP contribution is -2.13. The molecule has 0 atom stereocenters. The maximum absolute atomic E-state index is 3.60. The largest absolute Gasteiger partial charge is 0.385 e. The van der Waals surface area contributed by atoms with E-state index < -0.39 is 0 Å². The molecule has 154 valence electrons. The van der Waals surface area contributed by atoms with Crippen LogP contribution in [0, 0.1) is 12.8 Å². The number of aryl methyl sites for hydroxylation is 1. The van der Waals surface area contributed by atoms with Crippen LogP contribution in [0.15, 0.2) is 18.2 Å². The van der Waals surface area contributed by atoms with Crippen molar-refractivity contribution < 1.29 is 0 Å². The van der Waals surface area contributed by atoms with E-state index in [0.29, 0.717) is 0 Å². The van der Waals surface area contributed by atoms with Crippen LogP contribution >= 0.6 is 0 Å². The standard InChI is InChI=1S/C26H45N/c1-4-6-8-9-10-11-12-13-23-14-16-24(17-15-23)25-18-19-26(22(3)21-25)27-20-7-5-2/h18-19,21,23-24,27H,4-17,20H2,1-3H3/t23-,24-. The van der Waals surface area contributed by atoms with Crippen LogP contribution in [-0.2, 0) is 0 Å². The molecule has 0 aliphatic heterocycles. The molecule has 1 aromatic rings. The molecule has 1 aliphatic rings. The van der Waals surface area contributed by atoms with Crippen LogP contribution in [0.3, 0.4) is 0 Å². The highest BCUT2D eigenvalue weighted by molar-refractivity contribution is 5.52. The van der Waals surface area contributed by atoms with Crippen LogP contribution in [0.2, 0.25) is 0 Å². The Bertz CT molecular complexity index is 499. The van der Waals surface area contributed by atoms with Crippen molar-refractivity contribution in [2.24, 2.45) is 5.92 Å². The molecule has 1 fully saturated rings. The molecular weight excluding hydrogens is 326 g/mol. The zero-order chi connectivity index (χ0) is 19.3. The van der Waals surface area contributed by atoms with Crippen LogP contribution in [0.4, 0.5) is 5.69 Å². The summed E-state index contributed by atoms with van der Waals surface area (Å²) >= 11 is 0. The fourth-order valence-corrected chi connectivity index (χ4v) is 4.71. The van der Waals surface area contributed by atoms with E-state index >= 15 is 0 Å². The van der Waals surface area contributed by atoms with E-state index in [-0.39, 0.29) is 0 Å². The van der Waals surface area contributed by atoms with Crippen molar-refractivity contribution in [1.82, 2.24) is 0 Å². The van der Waals surface area contributed by atoms with Gasteiger partial charge in [-0.2, -0.15) is 0 Å². The third-order valence-electron chi connectivity index (χ3n) is 6.63. The second-order valence-electron chi connectivity index (χ2n) is 8.98. The molecule has 1 heteroatoms. The molecule has 0 amide bonds. The van der Waals surface area contributed by atoms with Crippen LogP contribution in [-0.4, -0.2) is 6.54 Å². The molecule has 1 nitrogen and oxygen atoms in total. The molecule has 0 saturated heterocycles. The van der Waals surface area contributed by atoms with Gasteiger partial charge in [0, 0.05) is 12.2 Å². The lowest BCUT2D eigenvalue weighted by atomic mass is 9.76. The van der Waals surface area contributed by atoms with Gasteiger partial charge in [0.1, 0.15) is 0 Å². The molecule has 1 aromatic carbocycles. The van der Waals surface area contributed by atoms with Crippen LogP contribution in [0.1, 0.15) is 121 Å². The molecule has 1 saturated carbocycles. The van der Waals surface area contributed by atoms with Crippen molar-refractivity contribution in [2.75, 3.05) is 11.9 Å². The molecule has 2 rings (SSSR count). The van der Waals surface area contributed by atoms with E-state index in [1.807, 2.05) is 0 Å². The molecule has 1 aliphatic carbocycles. The summed E-state index contributed by atoms with van der Waals surface area (Å²) in [5, 5.41) is 3.60. The van der Waals surface area contributed by atoms with Crippen molar-refractivity contribution in [3.8, 4) is 0 Å². The molecule has 1 N–H and O–H groups in total. The number of nitrogens with one attached hydrogen (secondary N) is 1. The minimum atomic E-state index is 0.804. The summed E-state index contributed by atoms with van der Waals surface area (Å²) < 4.78 is 0. The second-order valence-corrected chi connectivity index (χ2v) is 8.98.